The summed E-state index contributed by atoms with van der Waals surface area (Å²) >= 11 is 0. The van der Waals surface area contributed by atoms with Crippen LogP contribution in [0.15, 0.2) is 6.20 Å². The van der Waals surface area contributed by atoms with Gasteiger partial charge in [0.15, 0.2) is 0 Å². The van der Waals surface area contributed by atoms with Crippen LogP contribution < -0.4 is 0 Å². The molecule has 1 aromatic rings. The van der Waals surface area contributed by atoms with Crippen molar-refractivity contribution in [2.75, 3.05) is 0 Å². The monoisotopic (exact) mass is 280 g/mol. The number of nitrogens with one attached hydrogen (secondary N) is 1. The van der Waals surface area contributed by atoms with Gasteiger partial charge in [-0.1, -0.05) is 65.2 Å². The summed E-state index contributed by atoms with van der Waals surface area (Å²) in [4.78, 5) is 11.0. The Kier molecular flexibility index (Phi) is 8.00. The van der Waals surface area contributed by atoms with Crippen molar-refractivity contribution in [1.29, 1.82) is 0 Å². The quantitative estimate of drug-likeness (QED) is 0.575. The summed E-state index contributed by atoms with van der Waals surface area (Å²) in [6.45, 7) is 4.32. The van der Waals surface area contributed by atoms with Gasteiger partial charge in [-0.2, -0.15) is 5.10 Å². The third-order valence-corrected chi connectivity index (χ3v) is 3.90. The van der Waals surface area contributed by atoms with E-state index < -0.39 is 5.97 Å². The zero-order chi connectivity index (χ0) is 14.8. The van der Waals surface area contributed by atoms with Crippen LogP contribution in [0.1, 0.15) is 93.6 Å². The number of carboxylic acids is 1. The number of carboxylic acid groups (broad SMARTS) is 1. The zero-order valence-electron chi connectivity index (χ0n) is 12.8. The molecule has 4 nitrogen and oxygen atoms in total. The number of unbranched alkanes of at least 4 members (excludes halogenated alkanes) is 7. The average Bonchev–Trinajstić information content (AvgIpc) is 2.91. The molecule has 0 bridgehead atoms. The molecule has 0 aliphatic heterocycles. The molecular formula is C16H28N2O2. The highest BCUT2D eigenvalue weighted by molar-refractivity contribution is 5.87. The van der Waals surface area contributed by atoms with Crippen LogP contribution >= 0.6 is 0 Å². The van der Waals surface area contributed by atoms with Crippen LogP contribution in [-0.4, -0.2) is 21.3 Å². The van der Waals surface area contributed by atoms with Gasteiger partial charge in [0.25, 0.3) is 0 Å². The standard InChI is InChI=1S/C16H28N2O2/c1-3-4-5-6-7-8-9-10-11-13(2)14-12-17-18-15(14)16(19)20/h12-13H,3-11H2,1-2H3,(H,17,18)(H,19,20). The van der Waals surface area contributed by atoms with Gasteiger partial charge in [-0.05, 0) is 12.3 Å². The van der Waals surface area contributed by atoms with Crippen LogP contribution in [0.25, 0.3) is 0 Å². The molecule has 2 N–H and O–H groups in total. The molecule has 1 rings (SSSR count). The second-order valence-corrected chi connectivity index (χ2v) is 5.67. The first-order chi connectivity index (χ1) is 9.66. The first-order valence-electron chi connectivity index (χ1n) is 7.93. The van der Waals surface area contributed by atoms with E-state index >= 15 is 0 Å². The SMILES string of the molecule is CCCCCCCCCCC(C)c1cn[nH]c1C(=O)O. The molecule has 0 spiro atoms. The fourth-order valence-corrected chi connectivity index (χ4v) is 2.58. The maximum Gasteiger partial charge on any atom is 0.354 e. The van der Waals surface area contributed by atoms with E-state index in [0.717, 1.165) is 12.0 Å². The van der Waals surface area contributed by atoms with Crippen molar-refractivity contribution in [3.63, 3.8) is 0 Å². The highest BCUT2D eigenvalue weighted by Crippen LogP contribution is 2.24. The molecule has 0 amide bonds. The van der Waals surface area contributed by atoms with Crippen LogP contribution in [-0.2, 0) is 0 Å². The number of H-pyrrole nitrogens is 1. The molecule has 0 fully saturated rings. The van der Waals surface area contributed by atoms with Crippen LogP contribution in [0, 0.1) is 0 Å². The van der Waals surface area contributed by atoms with Gasteiger partial charge in [-0.25, -0.2) is 4.79 Å². The fraction of sp³-hybridized carbons (Fsp3) is 0.750. The number of rotatable bonds is 11. The summed E-state index contributed by atoms with van der Waals surface area (Å²) in [5.74, 6) is -0.653. The van der Waals surface area contributed by atoms with Gasteiger partial charge in [-0.15, -0.1) is 0 Å². The number of aromatic carboxylic acids is 1. The topological polar surface area (TPSA) is 66.0 Å². The minimum atomic E-state index is -0.916. The zero-order valence-corrected chi connectivity index (χ0v) is 12.8. The number of hydrogen-bond donors (Lipinski definition) is 2. The van der Waals surface area contributed by atoms with E-state index in [9.17, 15) is 4.79 Å². The first kappa shape index (κ1) is 16.7. The van der Waals surface area contributed by atoms with Crippen LogP contribution in [0.3, 0.4) is 0 Å². The molecule has 1 atom stereocenters. The van der Waals surface area contributed by atoms with Crippen molar-refractivity contribution >= 4 is 5.97 Å². The van der Waals surface area contributed by atoms with Crippen molar-refractivity contribution in [3.8, 4) is 0 Å². The van der Waals surface area contributed by atoms with Gasteiger partial charge in [0.1, 0.15) is 5.69 Å². The Morgan fingerprint density at radius 1 is 1.20 bits per heavy atom. The lowest BCUT2D eigenvalue weighted by Crippen LogP contribution is -2.04. The highest BCUT2D eigenvalue weighted by Gasteiger charge is 2.17. The molecule has 0 aliphatic carbocycles. The van der Waals surface area contributed by atoms with Crippen LogP contribution in [0.4, 0.5) is 0 Å². The largest absolute Gasteiger partial charge is 0.477 e. The number of nitrogens with zero attached hydrogens (tertiary/aromatic N) is 1. The second-order valence-electron chi connectivity index (χ2n) is 5.67. The maximum atomic E-state index is 11.0. The molecule has 1 unspecified atom stereocenters. The summed E-state index contributed by atoms with van der Waals surface area (Å²) < 4.78 is 0. The number of hydrogen-bond acceptors (Lipinski definition) is 2. The smallest absolute Gasteiger partial charge is 0.354 e. The summed E-state index contributed by atoms with van der Waals surface area (Å²) in [6.07, 6.45) is 13.1. The van der Waals surface area contributed by atoms with Gasteiger partial charge in [0, 0.05) is 5.56 Å². The number of aromatic nitrogens is 2. The molecule has 0 aliphatic rings. The molecular weight excluding hydrogens is 252 g/mol. The molecule has 1 heterocycles. The Labute approximate surface area is 122 Å². The minimum absolute atomic E-state index is 0.247. The van der Waals surface area contributed by atoms with E-state index in [0.29, 0.717) is 0 Å². The van der Waals surface area contributed by atoms with Crippen LogP contribution in [0.2, 0.25) is 0 Å². The average molecular weight is 280 g/mol. The van der Waals surface area contributed by atoms with Crippen molar-refractivity contribution < 1.29 is 9.90 Å². The lowest BCUT2D eigenvalue weighted by molar-refractivity contribution is 0.0688. The van der Waals surface area contributed by atoms with E-state index in [4.69, 9.17) is 5.11 Å². The van der Waals surface area contributed by atoms with E-state index in [-0.39, 0.29) is 11.6 Å². The predicted octanol–water partition coefficient (Wildman–Crippen LogP) is 4.74. The van der Waals surface area contributed by atoms with Crippen molar-refractivity contribution in [2.45, 2.75) is 77.6 Å². The third kappa shape index (κ3) is 5.76. The summed E-state index contributed by atoms with van der Waals surface area (Å²) in [7, 11) is 0. The lowest BCUT2D eigenvalue weighted by atomic mass is 9.95. The summed E-state index contributed by atoms with van der Waals surface area (Å²) in [5.41, 5.74) is 1.08. The molecule has 0 saturated heterocycles. The Morgan fingerprint density at radius 2 is 1.80 bits per heavy atom. The van der Waals surface area contributed by atoms with Crippen molar-refractivity contribution in [1.82, 2.24) is 10.2 Å². The minimum Gasteiger partial charge on any atom is -0.477 e. The van der Waals surface area contributed by atoms with Gasteiger partial charge in [-0.3, -0.25) is 5.10 Å². The van der Waals surface area contributed by atoms with E-state index in [1.165, 1.54) is 51.4 Å². The van der Waals surface area contributed by atoms with Gasteiger partial charge in [0.2, 0.25) is 0 Å². The molecule has 0 aromatic carbocycles. The normalized spacial score (nSPS) is 12.5. The molecule has 0 saturated carbocycles. The first-order valence-corrected chi connectivity index (χ1v) is 7.93. The molecule has 20 heavy (non-hydrogen) atoms. The molecule has 1 aromatic heterocycles. The Bertz CT molecular complexity index is 388. The Balaban J connectivity index is 2.15. The predicted molar refractivity (Wildman–Crippen MR) is 81.2 cm³/mol. The van der Waals surface area contributed by atoms with Gasteiger partial charge >= 0.3 is 5.97 Å². The van der Waals surface area contributed by atoms with Crippen LogP contribution in [0.5, 0.6) is 0 Å². The number of carbonyl (C=O) groups is 1. The number of aromatic amines is 1. The van der Waals surface area contributed by atoms with Gasteiger partial charge < -0.3 is 5.11 Å². The second kappa shape index (κ2) is 9.56. The molecule has 114 valence electrons. The molecule has 0 radical (unpaired) electrons. The van der Waals surface area contributed by atoms with E-state index in [2.05, 4.69) is 24.0 Å². The summed E-state index contributed by atoms with van der Waals surface area (Å²) in [6, 6.07) is 0. The maximum absolute atomic E-state index is 11.0. The summed E-state index contributed by atoms with van der Waals surface area (Å²) in [5, 5.41) is 15.5. The Morgan fingerprint density at radius 3 is 2.40 bits per heavy atom. The Hall–Kier alpha value is -1.32. The van der Waals surface area contributed by atoms with Crippen molar-refractivity contribution in [3.05, 3.63) is 17.5 Å². The molecule has 4 heteroatoms. The lowest BCUT2D eigenvalue weighted by Gasteiger charge is -2.10. The van der Waals surface area contributed by atoms with Gasteiger partial charge in [0.05, 0.1) is 6.20 Å². The van der Waals surface area contributed by atoms with Crippen molar-refractivity contribution in [2.24, 2.45) is 0 Å². The highest BCUT2D eigenvalue weighted by atomic mass is 16.4. The van der Waals surface area contributed by atoms with E-state index in [1.54, 1.807) is 6.20 Å². The fourth-order valence-electron chi connectivity index (χ4n) is 2.58. The third-order valence-electron chi connectivity index (χ3n) is 3.90. The van der Waals surface area contributed by atoms with E-state index in [1.807, 2.05) is 0 Å².